The lowest BCUT2D eigenvalue weighted by atomic mass is 10.2. The second-order valence-electron chi connectivity index (χ2n) is 4.42. The van der Waals surface area contributed by atoms with Crippen molar-refractivity contribution >= 4 is 23.2 Å². The predicted octanol–water partition coefficient (Wildman–Crippen LogP) is 1.73. The van der Waals surface area contributed by atoms with E-state index >= 15 is 0 Å². The average molecular weight is 305 g/mol. The van der Waals surface area contributed by atoms with E-state index in [1.165, 1.54) is 11.3 Å². The van der Waals surface area contributed by atoms with Crippen molar-refractivity contribution in [2.75, 3.05) is 0 Å². The first kappa shape index (κ1) is 15.1. The number of carbonyl (C=O) groups is 2. The van der Waals surface area contributed by atoms with Crippen LogP contribution >= 0.6 is 11.3 Å². The fraction of sp³-hybridized carbons (Fsp3) is 0.286. The van der Waals surface area contributed by atoms with Crippen LogP contribution in [-0.2, 0) is 16.0 Å². The number of nitrogens with zero attached hydrogens (tertiary/aromatic N) is 2. The largest absolute Gasteiger partial charge is 0.480 e. The van der Waals surface area contributed by atoms with Crippen molar-refractivity contribution in [2.45, 2.75) is 25.8 Å². The van der Waals surface area contributed by atoms with Crippen LogP contribution in [0, 0.1) is 0 Å². The molecule has 0 aliphatic heterocycles. The van der Waals surface area contributed by atoms with Gasteiger partial charge in [0.15, 0.2) is 0 Å². The van der Waals surface area contributed by atoms with Gasteiger partial charge in [0.05, 0.1) is 12.1 Å². The van der Waals surface area contributed by atoms with Crippen LogP contribution in [0.25, 0.3) is 10.6 Å². The quantitative estimate of drug-likeness (QED) is 0.848. The van der Waals surface area contributed by atoms with Crippen LogP contribution < -0.4 is 5.32 Å². The van der Waals surface area contributed by atoms with E-state index < -0.39 is 12.0 Å². The molecule has 0 aliphatic rings. The number of thiazole rings is 1. The number of aromatic nitrogens is 2. The van der Waals surface area contributed by atoms with Crippen molar-refractivity contribution in [3.63, 3.8) is 0 Å². The highest BCUT2D eigenvalue weighted by molar-refractivity contribution is 7.13. The fourth-order valence-electron chi connectivity index (χ4n) is 1.76. The molecule has 2 N–H and O–H groups in total. The summed E-state index contributed by atoms with van der Waals surface area (Å²) in [5, 5.41) is 14.0. The molecule has 0 radical (unpaired) electrons. The molecule has 0 saturated heterocycles. The Balaban J connectivity index is 1.99. The number of carboxylic acids is 1. The van der Waals surface area contributed by atoms with Gasteiger partial charge in [-0.15, -0.1) is 11.3 Å². The Morgan fingerprint density at radius 2 is 2.10 bits per heavy atom. The molecule has 0 spiro atoms. The molecule has 1 amide bonds. The van der Waals surface area contributed by atoms with Crippen molar-refractivity contribution in [1.82, 2.24) is 15.3 Å². The summed E-state index contributed by atoms with van der Waals surface area (Å²) >= 11 is 1.44. The molecule has 2 rings (SSSR count). The SMILES string of the molecule is CCC(NC(=O)Cc1csc(-c2ccncc2)n1)C(=O)O. The van der Waals surface area contributed by atoms with Crippen molar-refractivity contribution in [2.24, 2.45) is 0 Å². The minimum absolute atomic E-state index is 0.0748. The average Bonchev–Trinajstić information content (AvgIpc) is 2.93. The number of hydrogen-bond acceptors (Lipinski definition) is 5. The summed E-state index contributed by atoms with van der Waals surface area (Å²) in [6.45, 7) is 1.71. The van der Waals surface area contributed by atoms with E-state index in [0.717, 1.165) is 10.6 Å². The van der Waals surface area contributed by atoms with Gasteiger partial charge < -0.3 is 10.4 Å². The van der Waals surface area contributed by atoms with Crippen molar-refractivity contribution in [3.8, 4) is 10.6 Å². The second-order valence-corrected chi connectivity index (χ2v) is 5.28. The lowest BCUT2D eigenvalue weighted by Crippen LogP contribution is -2.41. The van der Waals surface area contributed by atoms with Gasteiger partial charge in [-0.2, -0.15) is 0 Å². The summed E-state index contributed by atoms with van der Waals surface area (Å²) in [6.07, 6.45) is 3.79. The summed E-state index contributed by atoms with van der Waals surface area (Å²) in [6, 6.07) is 2.84. The van der Waals surface area contributed by atoms with Crippen LogP contribution in [0.4, 0.5) is 0 Å². The zero-order valence-electron chi connectivity index (χ0n) is 11.4. The van der Waals surface area contributed by atoms with Gasteiger partial charge >= 0.3 is 5.97 Å². The van der Waals surface area contributed by atoms with Gasteiger partial charge in [-0.25, -0.2) is 9.78 Å². The molecular formula is C14H15N3O3S. The second kappa shape index (κ2) is 6.94. The highest BCUT2D eigenvalue weighted by Gasteiger charge is 2.18. The number of carbonyl (C=O) groups excluding carboxylic acids is 1. The molecule has 2 aromatic heterocycles. The maximum absolute atomic E-state index is 11.8. The molecular weight excluding hydrogens is 290 g/mol. The first-order valence-electron chi connectivity index (χ1n) is 6.47. The van der Waals surface area contributed by atoms with Crippen LogP contribution in [0.15, 0.2) is 29.9 Å². The molecule has 2 aromatic rings. The van der Waals surface area contributed by atoms with E-state index in [1.807, 2.05) is 12.1 Å². The summed E-state index contributed by atoms with van der Waals surface area (Å²) in [4.78, 5) is 31.0. The number of pyridine rings is 1. The lowest BCUT2D eigenvalue weighted by Gasteiger charge is -2.11. The summed E-state index contributed by atoms with van der Waals surface area (Å²) in [5.74, 6) is -1.36. The number of aliphatic carboxylic acids is 1. The number of amides is 1. The van der Waals surface area contributed by atoms with Gasteiger partial charge in [-0.1, -0.05) is 6.92 Å². The Hall–Kier alpha value is -2.28. The van der Waals surface area contributed by atoms with E-state index in [2.05, 4.69) is 15.3 Å². The van der Waals surface area contributed by atoms with Crippen LogP contribution in [0.3, 0.4) is 0 Å². The standard InChI is InChI=1S/C14H15N3O3S/c1-2-11(14(19)20)17-12(18)7-10-8-21-13(16-10)9-3-5-15-6-4-9/h3-6,8,11H,2,7H2,1H3,(H,17,18)(H,19,20). The molecule has 0 bridgehead atoms. The molecule has 0 aromatic carbocycles. The Labute approximate surface area is 125 Å². The third-order valence-electron chi connectivity index (χ3n) is 2.86. The van der Waals surface area contributed by atoms with Crippen LogP contribution in [0.1, 0.15) is 19.0 Å². The molecule has 2 heterocycles. The van der Waals surface area contributed by atoms with Crippen LogP contribution in [0.5, 0.6) is 0 Å². The molecule has 7 heteroatoms. The molecule has 1 unspecified atom stereocenters. The molecule has 110 valence electrons. The minimum atomic E-state index is -1.03. The lowest BCUT2D eigenvalue weighted by molar-refractivity contribution is -0.141. The zero-order valence-corrected chi connectivity index (χ0v) is 12.3. The third kappa shape index (κ3) is 4.09. The molecule has 0 saturated carbocycles. The predicted molar refractivity (Wildman–Crippen MR) is 78.9 cm³/mol. The monoisotopic (exact) mass is 305 g/mol. The Kier molecular flexibility index (Phi) is 4.99. The number of rotatable bonds is 6. The summed E-state index contributed by atoms with van der Waals surface area (Å²) in [7, 11) is 0. The Morgan fingerprint density at radius 3 is 2.71 bits per heavy atom. The summed E-state index contributed by atoms with van der Waals surface area (Å²) < 4.78 is 0. The van der Waals surface area contributed by atoms with Gasteiger partial charge in [0.1, 0.15) is 11.0 Å². The fourth-order valence-corrected chi connectivity index (χ4v) is 2.59. The number of hydrogen-bond donors (Lipinski definition) is 2. The molecule has 21 heavy (non-hydrogen) atoms. The van der Waals surface area contributed by atoms with Crippen LogP contribution in [-0.4, -0.2) is 33.0 Å². The molecule has 1 atom stereocenters. The number of carboxylic acid groups (broad SMARTS) is 1. The minimum Gasteiger partial charge on any atom is -0.480 e. The van der Waals surface area contributed by atoms with E-state index in [1.54, 1.807) is 24.7 Å². The number of nitrogens with one attached hydrogen (secondary N) is 1. The normalized spacial score (nSPS) is 11.9. The van der Waals surface area contributed by atoms with Gasteiger partial charge in [-0.05, 0) is 18.6 Å². The zero-order chi connectivity index (χ0) is 15.2. The van der Waals surface area contributed by atoms with E-state index in [9.17, 15) is 9.59 Å². The molecule has 0 fully saturated rings. The summed E-state index contributed by atoms with van der Waals surface area (Å²) in [5.41, 5.74) is 1.57. The molecule has 0 aliphatic carbocycles. The topological polar surface area (TPSA) is 92.2 Å². The van der Waals surface area contributed by atoms with Crippen molar-refractivity contribution < 1.29 is 14.7 Å². The first-order valence-corrected chi connectivity index (χ1v) is 7.35. The van der Waals surface area contributed by atoms with Gasteiger partial charge in [0, 0.05) is 23.3 Å². The van der Waals surface area contributed by atoms with E-state index in [-0.39, 0.29) is 12.3 Å². The maximum Gasteiger partial charge on any atom is 0.326 e. The van der Waals surface area contributed by atoms with Crippen molar-refractivity contribution in [3.05, 3.63) is 35.6 Å². The van der Waals surface area contributed by atoms with Gasteiger partial charge in [-0.3, -0.25) is 9.78 Å². The van der Waals surface area contributed by atoms with Gasteiger partial charge in [0.25, 0.3) is 0 Å². The maximum atomic E-state index is 11.8. The highest BCUT2D eigenvalue weighted by atomic mass is 32.1. The third-order valence-corrected chi connectivity index (χ3v) is 3.80. The Morgan fingerprint density at radius 1 is 1.38 bits per heavy atom. The highest BCUT2D eigenvalue weighted by Crippen LogP contribution is 2.22. The van der Waals surface area contributed by atoms with E-state index in [0.29, 0.717) is 12.1 Å². The van der Waals surface area contributed by atoms with Crippen LogP contribution in [0.2, 0.25) is 0 Å². The van der Waals surface area contributed by atoms with Crippen molar-refractivity contribution in [1.29, 1.82) is 0 Å². The van der Waals surface area contributed by atoms with Gasteiger partial charge in [0.2, 0.25) is 5.91 Å². The van der Waals surface area contributed by atoms with E-state index in [4.69, 9.17) is 5.11 Å². The molecule has 6 nitrogen and oxygen atoms in total. The smallest absolute Gasteiger partial charge is 0.326 e. The first-order chi connectivity index (χ1) is 10.1. The Bertz CT molecular complexity index is 627.